The van der Waals surface area contributed by atoms with Crippen LogP contribution in [0.4, 0.5) is 5.69 Å². The minimum Gasteiger partial charge on any atom is -0.349 e. The van der Waals surface area contributed by atoms with Crippen LogP contribution in [0.5, 0.6) is 0 Å². The monoisotopic (exact) mass is 355 g/mol. The first-order chi connectivity index (χ1) is 12.5. The van der Waals surface area contributed by atoms with E-state index in [0.717, 1.165) is 24.1 Å². The number of H-pyrrole nitrogens is 1. The number of nitrogens with two attached hydrogens (primary N) is 1. The van der Waals surface area contributed by atoms with Crippen LogP contribution in [0.1, 0.15) is 29.9 Å². The third-order valence-corrected chi connectivity index (χ3v) is 4.04. The van der Waals surface area contributed by atoms with E-state index in [1.165, 1.54) is 6.07 Å². The molecule has 136 valence electrons. The quantitative estimate of drug-likeness (QED) is 0.572. The summed E-state index contributed by atoms with van der Waals surface area (Å²) in [6.45, 7) is 0.284. The van der Waals surface area contributed by atoms with Gasteiger partial charge in [0, 0.05) is 24.2 Å². The normalized spacial score (nSPS) is 13.3. The summed E-state index contributed by atoms with van der Waals surface area (Å²) in [4.78, 5) is 42.0. The third kappa shape index (κ3) is 5.00. The van der Waals surface area contributed by atoms with Gasteiger partial charge in [-0.05, 0) is 30.5 Å². The summed E-state index contributed by atoms with van der Waals surface area (Å²) in [5, 5.41) is 5.57. The van der Waals surface area contributed by atoms with Crippen molar-refractivity contribution in [1.29, 1.82) is 0 Å². The number of rotatable bonds is 7. The number of aromatic nitrogens is 2. The zero-order chi connectivity index (χ0) is 18.5. The van der Waals surface area contributed by atoms with Crippen molar-refractivity contribution in [3.8, 4) is 0 Å². The third-order valence-electron chi connectivity index (χ3n) is 4.04. The van der Waals surface area contributed by atoms with E-state index in [1.807, 2.05) is 0 Å². The highest BCUT2D eigenvalue weighted by atomic mass is 16.2. The lowest BCUT2D eigenvalue weighted by molar-refractivity contribution is -0.120. The molecule has 0 aliphatic heterocycles. The number of aromatic amines is 1. The average molecular weight is 355 g/mol. The van der Waals surface area contributed by atoms with Crippen molar-refractivity contribution in [3.63, 3.8) is 0 Å². The molecule has 0 radical (unpaired) electrons. The van der Waals surface area contributed by atoms with Crippen LogP contribution in [0.2, 0.25) is 0 Å². The second-order valence-electron chi connectivity index (χ2n) is 6.30. The van der Waals surface area contributed by atoms with Gasteiger partial charge in [0.25, 0.3) is 5.56 Å². The Labute approximate surface area is 150 Å². The topological polar surface area (TPSA) is 130 Å². The smallest absolute Gasteiger partial charge is 0.251 e. The van der Waals surface area contributed by atoms with Crippen LogP contribution < -0.4 is 21.9 Å². The van der Waals surface area contributed by atoms with E-state index in [-0.39, 0.29) is 42.8 Å². The summed E-state index contributed by atoms with van der Waals surface area (Å²) < 4.78 is 0. The maximum atomic E-state index is 12.1. The molecule has 1 heterocycles. The molecule has 8 heteroatoms. The molecule has 2 aromatic rings. The molecule has 2 amide bonds. The fraction of sp³-hybridized carbons (Fsp3) is 0.333. The van der Waals surface area contributed by atoms with Crippen molar-refractivity contribution in [1.82, 2.24) is 15.3 Å². The van der Waals surface area contributed by atoms with Gasteiger partial charge in [-0.25, -0.2) is 4.98 Å². The summed E-state index contributed by atoms with van der Waals surface area (Å²) in [7, 11) is 0. The van der Waals surface area contributed by atoms with E-state index in [9.17, 15) is 14.4 Å². The molecular weight excluding hydrogens is 334 g/mol. The molecule has 5 N–H and O–H groups in total. The molecule has 0 spiro atoms. The van der Waals surface area contributed by atoms with E-state index in [2.05, 4.69) is 20.6 Å². The van der Waals surface area contributed by atoms with E-state index >= 15 is 0 Å². The molecule has 0 unspecified atom stereocenters. The number of nitrogens with one attached hydrogen (secondary N) is 3. The molecule has 0 atom stereocenters. The lowest BCUT2D eigenvalue weighted by atomic mass is 10.1. The van der Waals surface area contributed by atoms with Crippen LogP contribution >= 0.6 is 0 Å². The fourth-order valence-corrected chi connectivity index (χ4v) is 2.48. The minimum atomic E-state index is -0.298. The van der Waals surface area contributed by atoms with Crippen molar-refractivity contribution in [2.45, 2.75) is 32.4 Å². The molecule has 0 bridgehead atoms. The molecule has 1 fully saturated rings. The maximum Gasteiger partial charge on any atom is 0.251 e. The van der Waals surface area contributed by atoms with Crippen molar-refractivity contribution >= 4 is 17.5 Å². The Hall–Kier alpha value is -3.00. The summed E-state index contributed by atoms with van der Waals surface area (Å²) >= 11 is 0. The molecule has 1 aliphatic rings. The van der Waals surface area contributed by atoms with Gasteiger partial charge in [-0.2, -0.15) is 0 Å². The summed E-state index contributed by atoms with van der Waals surface area (Å²) in [5.41, 5.74) is 7.21. The van der Waals surface area contributed by atoms with Gasteiger partial charge in [0.2, 0.25) is 11.8 Å². The predicted molar refractivity (Wildman–Crippen MR) is 96.1 cm³/mol. The van der Waals surface area contributed by atoms with Crippen LogP contribution in [-0.2, 0) is 29.1 Å². The van der Waals surface area contributed by atoms with Crippen LogP contribution in [0.25, 0.3) is 0 Å². The van der Waals surface area contributed by atoms with Crippen molar-refractivity contribution in [2.75, 3.05) is 5.32 Å². The largest absolute Gasteiger partial charge is 0.349 e. The lowest BCUT2D eigenvalue weighted by Crippen LogP contribution is -2.27. The zero-order valence-corrected chi connectivity index (χ0v) is 14.2. The second kappa shape index (κ2) is 7.92. The van der Waals surface area contributed by atoms with Gasteiger partial charge in [0.05, 0.1) is 18.7 Å². The molecule has 1 aliphatic carbocycles. The first kappa shape index (κ1) is 17.8. The summed E-state index contributed by atoms with van der Waals surface area (Å²) in [6.07, 6.45) is 2.11. The van der Waals surface area contributed by atoms with Crippen LogP contribution in [0.3, 0.4) is 0 Å². The second-order valence-corrected chi connectivity index (χ2v) is 6.30. The number of amides is 2. The Morgan fingerprint density at radius 1 is 1.23 bits per heavy atom. The number of hydrogen-bond donors (Lipinski definition) is 4. The Balaban J connectivity index is 1.50. The molecule has 1 aromatic heterocycles. The standard InChI is InChI=1S/C18H21N5O3/c19-9-14-8-17(25)23-15(21-14)10-20-16(24)7-11-1-5-13(6-2-11)22-18(26)12-3-4-12/h1-2,5-6,8,12H,3-4,7,9-10,19H2,(H,20,24)(H,22,26)(H,21,23,25). The molecule has 0 saturated heterocycles. The Morgan fingerprint density at radius 2 is 1.96 bits per heavy atom. The summed E-state index contributed by atoms with van der Waals surface area (Å²) in [6, 6.07) is 8.50. The van der Waals surface area contributed by atoms with E-state index < -0.39 is 0 Å². The number of anilines is 1. The van der Waals surface area contributed by atoms with Crippen LogP contribution in [0, 0.1) is 5.92 Å². The highest BCUT2D eigenvalue weighted by Gasteiger charge is 2.29. The molecular formula is C18H21N5O3. The number of benzene rings is 1. The first-order valence-electron chi connectivity index (χ1n) is 8.49. The summed E-state index contributed by atoms with van der Waals surface area (Å²) in [5.74, 6) is 0.375. The first-order valence-corrected chi connectivity index (χ1v) is 8.49. The Kier molecular flexibility index (Phi) is 5.43. The van der Waals surface area contributed by atoms with Crippen molar-refractivity contribution in [2.24, 2.45) is 11.7 Å². The number of carbonyl (C=O) groups excluding carboxylic acids is 2. The van der Waals surface area contributed by atoms with Crippen molar-refractivity contribution < 1.29 is 9.59 Å². The molecule has 1 aromatic carbocycles. The minimum absolute atomic E-state index is 0.0525. The molecule has 1 saturated carbocycles. The predicted octanol–water partition coefficient (Wildman–Crippen LogP) is 0.436. The average Bonchev–Trinajstić information content (AvgIpc) is 3.46. The van der Waals surface area contributed by atoms with E-state index in [0.29, 0.717) is 11.5 Å². The van der Waals surface area contributed by atoms with Gasteiger partial charge in [0.15, 0.2) is 0 Å². The SMILES string of the molecule is NCc1cc(=O)[nH]c(CNC(=O)Cc2ccc(NC(=O)C3CC3)cc2)n1. The van der Waals surface area contributed by atoms with Gasteiger partial charge >= 0.3 is 0 Å². The number of carbonyl (C=O) groups is 2. The van der Waals surface area contributed by atoms with Gasteiger partial charge in [-0.3, -0.25) is 14.4 Å². The van der Waals surface area contributed by atoms with Gasteiger partial charge in [-0.15, -0.1) is 0 Å². The van der Waals surface area contributed by atoms with Gasteiger partial charge in [-0.1, -0.05) is 12.1 Å². The van der Waals surface area contributed by atoms with Gasteiger partial charge in [0.1, 0.15) is 5.82 Å². The van der Waals surface area contributed by atoms with E-state index in [4.69, 9.17) is 5.73 Å². The van der Waals surface area contributed by atoms with E-state index in [1.54, 1.807) is 24.3 Å². The molecule has 8 nitrogen and oxygen atoms in total. The van der Waals surface area contributed by atoms with Crippen LogP contribution in [-0.4, -0.2) is 21.8 Å². The molecule has 26 heavy (non-hydrogen) atoms. The highest BCUT2D eigenvalue weighted by molar-refractivity contribution is 5.94. The zero-order valence-electron chi connectivity index (χ0n) is 14.2. The van der Waals surface area contributed by atoms with Crippen molar-refractivity contribution in [3.05, 3.63) is 57.8 Å². The Morgan fingerprint density at radius 3 is 2.62 bits per heavy atom. The number of nitrogens with zero attached hydrogens (tertiary/aromatic N) is 1. The highest BCUT2D eigenvalue weighted by Crippen LogP contribution is 2.30. The Bertz CT molecular complexity index is 856. The maximum absolute atomic E-state index is 12.1. The van der Waals surface area contributed by atoms with Crippen LogP contribution in [0.15, 0.2) is 35.1 Å². The lowest BCUT2D eigenvalue weighted by Gasteiger charge is -2.07. The number of hydrogen-bond acceptors (Lipinski definition) is 5. The van der Waals surface area contributed by atoms with Gasteiger partial charge < -0.3 is 21.4 Å². The fourth-order valence-electron chi connectivity index (χ4n) is 2.48. The molecule has 3 rings (SSSR count).